The number of hydrogen-bond acceptors (Lipinski definition) is 2. The molecule has 26 heavy (non-hydrogen) atoms. The van der Waals surface area contributed by atoms with Gasteiger partial charge in [-0.2, -0.15) is 8.78 Å². The zero-order valence-electron chi connectivity index (χ0n) is 14.7. The Kier molecular flexibility index (Phi) is 6.04. The van der Waals surface area contributed by atoms with Crippen LogP contribution in [0.2, 0.25) is 0 Å². The van der Waals surface area contributed by atoms with Crippen molar-refractivity contribution in [3.05, 3.63) is 65.2 Å². The second-order valence-electron chi connectivity index (χ2n) is 6.16. The van der Waals surface area contributed by atoms with Gasteiger partial charge in [0, 0.05) is 24.6 Å². The fourth-order valence-electron chi connectivity index (χ4n) is 3.12. The lowest BCUT2D eigenvalue weighted by Gasteiger charge is -2.30. The van der Waals surface area contributed by atoms with Crippen LogP contribution in [-0.4, -0.2) is 25.7 Å². The highest BCUT2D eigenvalue weighted by molar-refractivity contribution is 5.79. The van der Waals surface area contributed by atoms with Crippen molar-refractivity contribution >= 4 is 5.96 Å². The van der Waals surface area contributed by atoms with Gasteiger partial charge >= 0.3 is 6.61 Å². The summed E-state index contributed by atoms with van der Waals surface area (Å²) in [5.74, 6) is 1.31. The normalized spacial score (nSPS) is 16.0. The van der Waals surface area contributed by atoms with Crippen molar-refractivity contribution in [3.8, 4) is 5.75 Å². The van der Waals surface area contributed by atoms with Crippen molar-refractivity contribution in [1.82, 2.24) is 10.6 Å². The lowest BCUT2D eigenvalue weighted by atomic mass is 9.78. The van der Waals surface area contributed by atoms with Crippen LogP contribution in [0, 0.1) is 0 Å². The highest BCUT2D eigenvalue weighted by Crippen LogP contribution is 2.33. The smallest absolute Gasteiger partial charge is 0.387 e. The molecule has 0 amide bonds. The molecular weight excluding hydrogens is 336 g/mol. The summed E-state index contributed by atoms with van der Waals surface area (Å²) >= 11 is 0. The first kappa shape index (κ1) is 18.2. The number of alkyl halides is 2. The molecular formula is C20H23F2N3O. The van der Waals surface area contributed by atoms with Crippen LogP contribution in [0.3, 0.4) is 0 Å². The first-order chi connectivity index (χ1) is 12.7. The number of hydrogen-bond donors (Lipinski definition) is 2. The monoisotopic (exact) mass is 359 g/mol. The molecule has 0 heterocycles. The molecule has 0 saturated heterocycles. The topological polar surface area (TPSA) is 45.7 Å². The van der Waals surface area contributed by atoms with E-state index >= 15 is 0 Å². The Morgan fingerprint density at radius 1 is 1.15 bits per heavy atom. The Hall–Kier alpha value is -2.63. The van der Waals surface area contributed by atoms with Gasteiger partial charge in [0.2, 0.25) is 0 Å². The highest BCUT2D eigenvalue weighted by Gasteiger charge is 2.25. The zero-order chi connectivity index (χ0) is 18.4. The average molecular weight is 359 g/mol. The van der Waals surface area contributed by atoms with E-state index in [9.17, 15) is 8.78 Å². The molecule has 6 heteroatoms. The molecule has 0 spiro atoms. The molecule has 138 valence electrons. The number of benzene rings is 2. The van der Waals surface area contributed by atoms with Crippen LogP contribution in [0.1, 0.15) is 29.5 Å². The number of nitrogens with one attached hydrogen (secondary N) is 2. The molecule has 2 N–H and O–H groups in total. The largest absolute Gasteiger partial charge is 0.434 e. The number of rotatable bonds is 7. The summed E-state index contributed by atoms with van der Waals surface area (Å²) in [5, 5.41) is 6.53. The SMILES string of the molecule is CCNC(=NCc1ccccc1OC(F)F)NCC1Cc2ccccc21. The van der Waals surface area contributed by atoms with Crippen molar-refractivity contribution in [2.45, 2.75) is 32.4 Å². The third kappa shape index (κ3) is 4.50. The van der Waals surface area contributed by atoms with Crippen molar-refractivity contribution in [2.75, 3.05) is 13.1 Å². The number of guanidine groups is 1. The summed E-state index contributed by atoms with van der Waals surface area (Å²) in [6, 6.07) is 15.2. The molecule has 1 aliphatic carbocycles. The first-order valence-corrected chi connectivity index (χ1v) is 8.80. The summed E-state index contributed by atoms with van der Waals surface area (Å²) in [4.78, 5) is 4.51. The van der Waals surface area contributed by atoms with Gasteiger partial charge in [-0.1, -0.05) is 42.5 Å². The molecule has 3 rings (SSSR count). The van der Waals surface area contributed by atoms with Crippen LogP contribution in [0.25, 0.3) is 0 Å². The number of halogens is 2. The van der Waals surface area contributed by atoms with Crippen LogP contribution < -0.4 is 15.4 Å². The number of ether oxygens (including phenoxy) is 1. The van der Waals surface area contributed by atoms with Gasteiger partial charge in [-0.05, 0) is 30.5 Å². The Morgan fingerprint density at radius 2 is 1.92 bits per heavy atom. The van der Waals surface area contributed by atoms with Gasteiger partial charge in [0.1, 0.15) is 5.75 Å². The molecule has 0 bridgehead atoms. The summed E-state index contributed by atoms with van der Waals surface area (Å²) in [6.07, 6.45) is 1.06. The minimum absolute atomic E-state index is 0.162. The van der Waals surface area contributed by atoms with Crippen LogP contribution in [0.5, 0.6) is 5.75 Å². The fourth-order valence-corrected chi connectivity index (χ4v) is 3.12. The molecule has 0 radical (unpaired) electrons. The van der Waals surface area contributed by atoms with Crippen LogP contribution in [0.15, 0.2) is 53.5 Å². The van der Waals surface area contributed by atoms with Gasteiger partial charge in [0.25, 0.3) is 0 Å². The van der Waals surface area contributed by atoms with Gasteiger partial charge < -0.3 is 15.4 Å². The minimum Gasteiger partial charge on any atom is -0.434 e. The van der Waals surface area contributed by atoms with E-state index in [1.165, 1.54) is 17.2 Å². The number of nitrogens with zero attached hydrogens (tertiary/aromatic N) is 1. The van der Waals surface area contributed by atoms with Crippen molar-refractivity contribution < 1.29 is 13.5 Å². The molecule has 2 aromatic carbocycles. The Balaban J connectivity index is 1.61. The van der Waals surface area contributed by atoms with Crippen molar-refractivity contribution in [3.63, 3.8) is 0 Å². The number of fused-ring (bicyclic) bond motifs is 1. The second-order valence-corrected chi connectivity index (χ2v) is 6.16. The van der Waals surface area contributed by atoms with Gasteiger partial charge in [0.05, 0.1) is 6.54 Å². The van der Waals surface area contributed by atoms with E-state index in [1.54, 1.807) is 18.2 Å². The predicted molar refractivity (Wildman–Crippen MR) is 98.8 cm³/mol. The Bertz CT molecular complexity index is 764. The van der Waals surface area contributed by atoms with Crippen molar-refractivity contribution in [1.29, 1.82) is 0 Å². The van der Waals surface area contributed by atoms with E-state index in [0.717, 1.165) is 19.5 Å². The minimum atomic E-state index is -2.84. The first-order valence-electron chi connectivity index (χ1n) is 8.80. The highest BCUT2D eigenvalue weighted by atomic mass is 19.3. The van der Waals surface area contributed by atoms with Crippen molar-refractivity contribution in [2.24, 2.45) is 4.99 Å². The summed E-state index contributed by atoms with van der Waals surface area (Å²) in [7, 11) is 0. The van der Waals surface area contributed by atoms with E-state index in [0.29, 0.717) is 17.4 Å². The van der Waals surface area contributed by atoms with E-state index in [-0.39, 0.29) is 12.3 Å². The van der Waals surface area contributed by atoms with Gasteiger partial charge in [-0.15, -0.1) is 0 Å². The lowest BCUT2D eigenvalue weighted by molar-refractivity contribution is -0.0504. The Labute approximate surface area is 152 Å². The van der Waals surface area contributed by atoms with E-state index in [2.05, 4.69) is 44.6 Å². The second kappa shape index (κ2) is 8.65. The predicted octanol–water partition coefficient (Wildman–Crippen LogP) is 3.68. The summed E-state index contributed by atoms with van der Waals surface area (Å²) < 4.78 is 29.6. The van der Waals surface area contributed by atoms with Gasteiger partial charge in [-0.25, -0.2) is 4.99 Å². The maximum absolute atomic E-state index is 12.5. The molecule has 2 aromatic rings. The summed E-state index contributed by atoms with van der Waals surface area (Å²) in [6.45, 7) is 0.925. The number of para-hydroxylation sites is 1. The van der Waals surface area contributed by atoms with E-state index < -0.39 is 6.61 Å². The van der Waals surface area contributed by atoms with Crippen LogP contribution >= 0.6 is 0 Å². The third-order valence-electron chi connectivity index (χ3n) is 4.42. The van der Waals surface area contributed by atoms with E-state index in [4.69, 9.17) is 0 Å². The molecule has 0 saturated carbocycles. The van der Waals surface area contributed by atoms with E-state index in [1.807, 2.05) is 6.92 Å². The van der Waals surface area contributed by atoms with Crippen LogP contribution in [0.4, 0.5) is 8.78 Å². The molecule has 0 aliphatic heterocycles. The zero-order valence-corrected chi connectivity index (χ0v) is 14.7. The standard InChI is InChI=1S/C20H23F2N3O/c1-2-23-20(25-13-16-11-14-7-3-5-9-17(14)16)24-12-15-8-4-6-10-18(15)26-19(21)22/h3-10,16,19H,2,11-13H2,1H3,(H2,23,24,25). The summed E-state index contributed by atoms with van der Waals surface area (Å²) in [5.41, 5.74) is 3.41. The molecule has 1 atom stereocenters. The molecule has 0 aromatic heterocycles. The van der Waals surface area contributed by atoms with Crippen LogP contribution in [-0.2, 0) is 13.0 Å². The molecule has 4 nitrogen and oxygen atoms in total. The van der Waals surface area contributed by atoms with Gasteiger partial charge in [0.15, 0.2) is 5.96 Å². The third-order valence-corrected chi connectivity index (χ3v) is 4.42. The molecule has 1 aliphatic rings. The maximum Gasteiger partial charge on any atom is 0.387 e. The average Bonchev–Trinajstić information content (AvgIpc) is 2.61. The maximum atomic E-state index is 12.5. The molecule has 1 unspecified atom stereocenters. The Morgan fingerprint density at radius 3 is 2.69 bits per heavy atom. The van der Waals surface area contributed by atoms with Gasteiger partial charge in [-0.3, -0.25) is 0 Å². The quantitative estimate of drug-likeness (QED) is 0.586. The number of aliphatic imine (C=N–C) groups is 1. The molecule has 0 fully saturated rings. The fraction of sp³-hybridized carbons (Fsp3) is 0.350. The lowest BCUT2D eigenvalue weighted by Crippen LogP contribution is -2.41.